The van der Waals surface area contributed by atoms with Crippen LogP contribution in [0.5, 0.6) is 0 Å². The Bertz CT molecular complexity index is 660. The average Bonchev–Trinajstić information content (AvgIpc) is 2.85. The Balaban J connectivity index is 1.93. The van der Waals surface area contributed by atoms with Gasteiger partial charge in [-0.15, -0.1) is 0 Å². The first-order valence-corrected chi connectivity index (χ1v) is 8.21. The molecule has 0 saturated heterocycles. The molecule has 6 heteroatoms. The Morgan fingerprint density at radius 2 is 1.95 bits per heavy atom. The number of anilines is 1. The first kappa shape index (κ1) is 14.6. The highest BCUT2D eigenvalue weighted by molar-refractivity contribution is 7.91. The standard InChI is InChI=1S/C14H19N3O2S/c1-3-20(18,19)13-6-4-12(5-7-13)15-9-8-14-16-10-11-17(14)2/h4-7,10-11,15H,3,8-9H2,1-2H3. The van der Waals surface area contributed by atoms with Crippen molar-refractivity contribution in [1.29, 1.82) is 0 Å². The quantitative estimate of drug-likeness (QED) is 0.883. The SMILES string of the molecule is CCS(=O)(=O)c1ccc(NCCc2nccn2C)cc1. The summed E-state index contributed by atoms with van der Waals surface area (Å²) >= 11 is 0. The van der Waals surface area contributed by atoms with E-state index in [2.05, 4.69) is 10.3 Å². The number of hydrogen-bond acceptors (Lipinski definition) is 4. The Hall–Kier alpha value is -1.82. The molecule has 2 aromatic rings. The maximum absolute atomic E-state index is 11.7. The topological polar surface area (TPSA) is 64.0 Å². The smallest absolute Gasteiger partial charge is 0.178 e. The second-order valence-corrected chi connectivity index (χ2v) is 6.84. The first-order chi connectivity index (χ1) is 9.53. The normalized spacial score (nSPS) is 11.5. The first-order valence-electron chi connectivity index (χ1n) is 6.56. The molecule has 1 heterocycles. The molecule has 0 saturated carbocycles. The zero-order chi connectivity index (χ0) is 14.6. The van der Waals surface area contributed by atoms with Crippen LogP contribution in [0.4, 0.5) is 5.69 Å². The van der Waals surface area contributed by atoms with Crippen molar-refractivity contribution in [3.05, 3.63) is 42.5 Å². The highest BCUT2D eigenvalue weighted by Gasteiger charge is 2.10. The number of aryl methyl sites for hydroxylation is 1. The molecule has 108 valence electrons. The van der Waals surface area contributed by atoms with Crippen LogP contribution < -0.4 is 5.32 Å². The van der Waals surface area contributed by atoms with Crippen LogP contribution in [0.15, 0.2) is 41.6 Å². The van der Waals surface area contributed by atoms with Crippen molar-refractivity contribution < 1.29 is 8.42 Å². The van der Waals surface area contributed by atoms with Gasteiger partial charge >= 0.3 is 0 Å². The summed E-state index contributed by atoms with van der Waals surface area (Å²) in [6, 6.07) is 6.87. The molecule has 2 rings (SSSR count). The highest BCUT2D eigenvalue weighted by atomic mass is 32.2. The minimum Gasteiger partial charge on any atom is -0.385 e. The van der Waals surface area contributed by atoms with Gasteiger partial charge in [-0.2, -0.15) is 0 Å². The summed E-state index contributed by atoms with van der Waals surface area (Å²) in [6.07, 6.45) is 4.51. The summed E-state index contributed by atoms with van der Waals surface area (Å²) in [4.78, 5) is 4.62. The van der Waals surface area contributed by atoms with E-state index in [0.717, 1.165) is 24.5 Å². The highest BCUT2D eigenvalue weighted by Crippen LogP contribution is 2.15. The minimum atomic E-state index is -3.12. The fraction of sp³-hybridized carbons (Fsp3) is 0.357. The van der Waals surface area contributed by atoms with E-state index in [-0.39, 0.29) is 5.75 Å². The zero-order valence-electron chi connectivity index (χ0n) is 11.7. The van der Waals surface area contributed by atoms with Gasteiger partial charge in [-0.1, -0.05) is 6.92 Å². The molecule has 1 N–H and O–H groups in total. The van der Waals surface area contributed by atoms with Crippen molar-refractivity contribution in [3.63, 3.8) is 0 Å². The van der Waals surface area contributed by atoms with E-state index >= 15 is 0 Å². The van der Waals surface area contributed by atoms with Crippen LogP contribution in [-0.4, -0.2) is 30.3 Å². The molecule has 0 spiro atoms. The van der Waals surface area contributed by atoms with Gasteiger partial charge in [0.1, 0.15) is 5.82 Å². The molecule has 0 unspecified atom stereocenters. The van der Waals surface area contributed by atoms with Crippen LogP contribution in [0.25, 0.3) is 0 Å². The van der Waals surface area contributed by atoms with E-state index < -0.39 is 9.84 Å². The summed E-state index contributed by atoms with van der Waals surface area (Å²) in [6.45, 7) is 2.40. The van der Waals surface area contributed by atoms with E-state index in [1.165, 1.54) is 0 Å². The number of hydrogen-bond donors (Lipinski definition) is 1. The van der Waals surface area contributed by atoms with Gasteiger partial charge in [0, 0.05) is 38.1 Å². The summed E-state index contributed by atoms with van der Waals surface area (Å²) in [5, 5.41) is 3.26. The van der Waals surface area contributed by atoms with E-state index in [9.17, 15) is 8.42 Å². The Morgan fingerprint density at radius 3 is 2.50 bits per heavy atom. The number of sulfone groups is 1. The summed E-state index contributed by atoms with van der Waals surface area (Å²) < 4.78 is 25.4. The molecule has 0 amide bonds. The molecule has 0 aliphatic heterocycles. The zero-order valence-corrected chi connectivity index (χ0v) is 12.5. The fourth-order valence-corrected chi connectivity index (χ4v) is 2.79. The van der Waals surface area contributed by atoms with Gasteiger partial charge in [0.25, 0.3) is 0 Å². The lowest BCUT2D eigenvalue weighted by Crippen LogP contribution is -2.09. The lowest BCUT2D eigenvalue weighted by molar-refractivity contribution is 0.597. The Kier molecular flexibility index (Phi) is 4.44. The number of imidazole rings is 1. The van der Waals surface area contributed by atoms with Crippen LogP contribution in [0.3, 0.4) is 0 Å². The maximum Gasteiger partial charge on any atom is 0.178 e. The van der Waals surface area contributed by atoms with Gasteiger partial charge in [0.15, 0.2) is 9.84 Å². The van der Waals surface area contributed by atoms with E-state index in [1.807, 2.05) is 17.8 Å². The molecule has 20 heavy (non-hydrogen) atoms. The molecule has 5 nitrogen and oxygen atoms in total. The second-order valence-electron chi connectivity index (χ2n) is 4.56. The van der Waals surface area contributed by atoms with Gasteiger partial charge in [0.2, 0.25) is 0 Å². The molecule has 0 aliphatic carbocycles. The molecule has 1 aromatic carbocycles. The number of nitrogens with zero attached hydrogens (tertiary/aromatic N) is 2. The number of nitrogens with one attached hydrogen (secondary N) is 1. The monoisotopic (exact) mass is 293 g/mol. The molecule has 0 radical (unpaired) electrons. The van der Waals surface area contributed by atoms with Crippen LogP contribution in [-0.2, 0) is 23.3 Å². The van der Waals surface area contributed by atoms with Crippen molar-refractivity contribution in [2.24, 2.45) is 7.05 Å². The summed E-state index contributed by atoms with van der Waals surface area (Å²) in [5.41, 5.74) is 0.911. The van der Waals surface area contributed by atoms with Crippen LogP contribution in [0, 0.1) is 0 Å². The van der Waals surface area contributed by atoms with Gasteiger partial charge in [-0.3, -0.25) is 0 Å². The van der Waals surface area contributed by atoms with Crippen molar-refractivity contribution in [1.82, 2.24) is 9.55 Å². The molecule has 1 aromatic heterocycles. The molecule has 0 aliphatic rings. The Morgan fingerprint density at radius 1 is 1.25 bits per heavy atom. The molecular formula is C14H19N3O2S. The molecule has 0 bridgehead atoms. The number of benzene rings is 1. The third-order valence-corrected chi connectivity index (χ3v) is 4.94. The minimum absolute atomic E-state index is 0.124. The third kappa shape index (κ3) is 3.39. The van der Waals surface area contributed by atoms with Gasteiger partial charge in [-0.05, 0) is 24.3 Å². The van der Waals surface area contributed by atoms with E-state index in [1.54, 1.807) is 37.4 Å². The lowest BCUT2D eigenvalue weighted by atomic mass is 10.3. The largest absolute Gasteiger partial charge is 0.385 e. The molecule has 0 atom stereocenters. The molecular weight excluding hydrogens is 274 g/mol. The lowest BCUT2D eigenvalue weighted by Gasteiger charge is -2.07. The Labute approximate surface area is 119 Å². The maximum atomic E-state index is 11.7. The van der Waals surface area contributed by atoms with Crippen molar-refractivity contribution >= 4 is 15.5 Å². The van der Waals surface area contributed by atoms with Crippen molar-refractivity contribution in [3.8, 4) is 0 Å². The van der Waals surface area contributed by atoms with Gasteiger partial charge < -0.3 is 9.88 Å². The number of rotatable bonds is 6. The second kappa shape index (κ2) is 6.09. The average molecular weight is 293 g/mol. The van der Waals surface area contributed by atoms with Gasteiger partial charge in [0.05, 0.1) is 10.6 Å². The van der Waals surface area contributed by atoms with Crippen LogP contribution >= 0.6 is 0 Å². The number of aromatic nitrogens is 2. The third-order valence-electron chi connectivity index (χ3n) is 3.19. The summed E-state index contributed by atoms with van der Waals surface area (Å²) in [7, 11) is -1.15. The predicted molar refractivity (Wildman–Crippen MR) is 79.6 cm³/mol. The van der Waals surface area contributed by atoms with Crippen LogP contribution in [0.1, 0.15) is 12.7 Å². The van der Waals surface area contributed by atoms with Gasteiger partial charge in [-0.25, -0.2) is 13.4 Å². The van der Waals surface area contributed by atoms with E-state index in [4.69, 9.17) is 0 Å². The van der Waals surface area contributed by atoms with Crippen molar-refractivity contribution in [2.45, 2.75) is 18.2 Å². The van der Waals surface area contributed by atoms with Crippen molar-refractivity contribution in [2.75, 3.05) is 17.6 Å². The van der Waals surface area contributed by atoms with Crippen LogP contribution in [0.2, 0.25) is 0 Å². The van der Waals surface area contributed by atoms with E-state index in [0.29, 0.717) is 4.90 Å². The summed E-state index contributed by atoms with van der Waals surface area (Å²) in [5.74, 6) is 1.14. The fourth-order valence-electron chi connectivity index (χ4n) is 1.90. The molecule has 0 fully saturated rings. The predicted octanol–water partition coefficient (Wildman–Crippen LogP) is 1.87.